The molecule has 1 amide bonds. The van der Waals surface area contributed by atoms with Gasteiger partial charge in [-0.05, 0) is 25.0 Å². The average Bonchev–Trinajstić information content (AvgIpc) is 3.14. The molecule has 1 saturated heterocycles. The molecule has 3 heterocycles. The summed E-state index contributed by atoms with van der Waals surface area (Å²) < 4.78 is 10.7. The summed E-state index contributed by atoms with van der Waals surface area (Å²) in [6.07, 6.45) is 3.77. The zero-order valence-electron chi connectivity index (χ0n) is 10.4. The fourth-order valence-corrected chi connectivity index (χ4v) is 2.10. The van der Waals surface area contributed by atoms with Crippen LogP contribution < -0.4 is 5.32 Å². The number of nitrogens with zero attached hydrogens (tertiary/aromatic N) is 1. The van der Waals surface area contributed by atoms with Crippen molar-refractivity contribution in [2.75, 3.05) is 13.2 Å². The van der Waals surface area contributed by atoms with Crippen LogP contribution in [0.25, 0.3) is 11.5 Å². The topological polar surface area (TPSA) is 80.1 Å². The molecule has 1 unspecified atom stereocenters. The predicted octanol–water partition coefficient (Wildman–Crippen LogP) is 1.58. The minimum absolute atomic E-state index is 0.132. The predicted molar refractivity (Wildman–Crippen MR) is 67.6 cm³/mol. The number of nitrogens with one attached hydrogen (secondary N) is 2. The van der Waals surface area contributed by atoms with Gasteiger partial charge in [0.15, 0.2) is 11.5 Å². The van der Waals surface area contributed by atoms with Crippen LogP contribution in [-0.4, -0.2) is 35.4 Å². The molecule has 0 aliphatic carbocycles. The lowest BCUT2D eigenvalue weighted by Gasteiger charge is -2.09. The number of hydrogen-bond donors (Lipinski definition) is 2. The average molecular weight is 261 g/mol. The molecule has 1 fully saturated rings. The molecule has 0 radical (unpaired) electrons. The number of hydrogen-bond acceptors (Lipinski definition) is 4. The molecule has 19 heavy (non-hydrogen) atoms. The van der Waals surface area contributed by atoms with Crippen molar-refractivity contribution in [2.45, 2.75) is 18.9 Å². The standard InChI is InChI=1S/C13H15N3O3/c17-13(14-8-9-3-1-5-18-9)11-7-10(15-16-11)12-4-2-6-19-12/h2,4,6-7,9H,1,3,5,8H2,(H,14,17)(H,15,16). The van der Waals surface area contributed by atoms with Crippen LogP contribution in [0.4, 0.5) is 0 Å². The van der Waals surface area contributed by atoms with E-state index in [-0.39, 0.29) is 12.0 Å². The van der Waals surface area contributed by atoms with Crippen LogP contribution in [0, 0.1) is 0 Å². The third-order valence-corrected chi connectivity index (χ3v) is 3.11. The quantitative estimate of drug-likeness (QED) is 0.875. The summed E-state index contributed by atoms with van der Waals surface area (Å²) in [7, 11) is 0. The van der Waals surface area contributed by atoms with Crippen molar-refractivity contribution in [3.63, 3.8) is 0 Å². The molecule has 1 aliphatic rings. The van der Waals surface area contributed by atoms with E-state index in [2.05, 4.69) is 15.5 Å². The Balaban J connectivity index is 1.60. The van der Waals surface area contributed by atoms with Crippen LogP contribution in [-0.2, 0) is 4.74 Å². The number of aromatic nitrogens is 2. The van der Waals surface area contributed by atoms with E-state index in [1.165, 1.54) is 0 Å². The van der Waals surface area contributed by atoms with Crippen LogP contribution in [0.3, 0.4) is 0 Å². The molecular weight excluding hydrogens is 246 g/mol. The third kappa shape index (κ3) is 2.68. The smallest absolute Gasteiger partial charge is 0.271 e. The maximum Gasteiger partial charge on any atom is 0.271 e. The maximum absolute atomic E-state index is 11.9. The van der Waals surface area contributed by atoms with Gasteiger partial charge in [0.25, 0.3) is 5.91 Å². The normalized spacial score (nSPS) is 18.6. The van der Waals surface area contributed by atoms with Crippen LogP contribution >= 0.6 is 0 Å². The van der Waals surface area contributed by atoms with Gasteiger partial charge in [-0.15, -0.1) is 0 Å². The molecule has 2 N–H and O–H groups in total. The van der Waals surface area contributed by atoms with Gasteiger partial charge in [-0.2, -0.15) is 5.10 Å². The summed E-state index contributed by atoms with van der Waals surface area (Å²) in [5.41, 5.74) is 1.04. The van der Waals surface area contributed by atoms with E-state index >= 15 is 0 Å². The molecule has 0 bridgehead atoms. The number of H-pyrrole nitrogens is 1. The number of amides is 1. The van der Waals surface area contributed by atoms with Crippen LogP contribution in [0.2, 0.25) is 0 Å². The van der Waals surface area contributed by atoms with Gasteiger partial charge in [-0.25, -0.2) is 0 Å². The molecule has 2 aromatic rings. The molecule has 3 rings (SSSR count). The molecular formula is C13H15N3O3. The number of carbonyl (C=O) groups is 1. The number of furan rings is 1. The first-order valence-electron chi connectivity index (χ1n) is 6.32. The number of aromatic amines is 1. The van der Waals surface area contributed by atoms with Gasteiger partial charge < -0.3 is 14.5 Å². The Morgan fingerprint density at radius 3 is 3.26 bits per heavy atom. The largest absolute Gasteiger partial charge is 0.463 e. The van der Waals surface area contributed by atoms with Gasteiger partial charge in [0, 0.05) is 19.2 Å². The van der Waals surface area contributed by atoms with E-state index in [0.29, 0.717) is 23.7 Å². The van der Waals surface area contributed by atoms with E-state index in [1.807, 2.05) is 6.07 Å². The second kappa shape index (κ2) is 5.27. The van der Waals surface area contributed by atoms with Crippen LogP contribution in [0.5, 0.6) is 0 Å². The lowest BCUT2D eigenvalue weighted by Crippen LogP contribution is -2.31. The summed E-state index contributed by atoms with van der Waals surface area (Å²) in [5.74, 6) is 0.454. The van der Waals surface area contributed by atoms with E-state index < -0.39 is 0 Å². The van der Waals surface area contributed by atoms with Gasteiger partial charge >= 0.3 is 0 Å². The Morgan fingerprint density at radius 2 is 2.53 bits per heavy atom. The van der Waals surface area contributed by atoms with Crippen molar-refractivity contribution in [1.82, 2.24) is 15.5 Å². The summed E-state index contributed by atoms with van der Waals surface area (Å²) in [6.45, 7) is 1.31. The monoisotopic (exact) mass is 261 g/mol. The maximum atomic E-state index is 11.9. The van der Waals surface area contributed by atoms with Crippen LogP contribution in [0.1, 0.15) is 23.3 Å². The van der Waals surface area contributed by atoms with Crippen LogP contribution in [0.15, 0.2) is 28.9 Å². The van der Waals surface area contributed by atoms with Gasteiger partial charge in [0.2, 0.25) is 0 Å². The number of rotatable bonds is 4. The van der Waals surface area contributed by atoms with E-state index in [4.69, 9.17) is 9.15 Å². The van der Waals surface area contributed by atoms with E-state index in [9.17, 15) is 4.79 Å². The highest BCUT2D eigenvalue weighted by Gasteiger charge is 2.18. The molecule has 0 spiro atoms. The second-order valence-electron chi connectivity index (χ2n) is 4.49. The minimum atomic E-state index is -0.204. The molecule has 0 saturated carbocycles. The van der Waals surface area contributed by atoms with E-state index in [1.54, 1.807) is 18.4 Å². The highest BCUT2D eigenvalue weighted by Crippen LogP contribution is 2.17. The van der Waals surface area contributed by atoms with Crippen molar-refractivity contribution >= 4 is 5.91 Å². The number of ether oxygens (including phenoxy) is 1. The Kier molecular flexibility index (Phi) is 3.33. The molecule has 100 valence electrons. The molecule has 0 aromatic carbocycles. The highest BCUT2D eigenvalue weighted by atomic mass is 16.5. The Labute approximate surface area is 110 Å². The SMILES string of the molecule is O=C(NCC1CCCO1)c1cc(-c2ccco2)[nH]n1. The minimum Gasteiger partial charge on any atom is -0.463 e. The van der Waals surface area contributed by atoms with Gasteiger partial charge in [-0.3, -0.25) is 9.89 Å². The van der Waals surface area contributed by atoms with Crippen molar-refractivity contribution in [3.8, 4) is 11.5 Å². The summed E-state index contributed by atoms with van der Waals surface area (Å²) >= 11 is 0. The highest BCUT2D eigenvalue weighted by molar-refractivity contribution is 5.93. The first kappa shape index (κ1) is 12.0. The van der Waals surface area contributed by atoms with Gasteiger partial charge in [0.05, 0.1) is 12.4 Å². The van der Waals surface area contributed by atoms with Crippen molar-refractivity contribution in [1.29, 1.82) is 0 Å². The van der Waals surface area contributed by atoms with Gasteiger partial charge in [-0.1, -0.05) is 0 Å². The lowest BCUT2D eigenvalue weighted by molar-refractivity contribution is 0.0853. The molecule has 6 nitrogen and oxygen atoms in total. The first-order chi connectivity index (χ1) is 9.33. The van der Waals surface area contributed by atoms with Crippen molar-refractivity contribution in [2.24, 2.45) is 0 Å². The zero-order chi connectivity index (χ0) is 13.1. The third-order valence-electron chi connectivity index (χ3n) is 3.11. The van der Waals surface area contributed by atoms with Crippen molar-refractivity contribution < 1.29 is 13.9 Å². The van der Waals surface area contributed by atoms with Crippen molar-refractivity contribution in [3.05, 3.63) is 30.2 Å². The Bertz CT molecular complexity index is 541. The summed E-state index contributed by atoms with van der Waals surface area (Å²) in [4.78, 5) is 11.9. The number of carbonyl (C=O) groups excluding carboxylic acids is 1. The second-order valence-corrected chi connectivity index (χ2v) is 4.49. The first-order valence-corrected chi connectivity index (χ1v) is 6.32. The summed E-state index contributed by atoms with van der Waals surface area (Å²) in [5, 5.41) is 9.58. The lowest BCUT2D eigenvalue weighted by atomic mass is 10.2. The molecule has 2 aromatic heterocycles. The Hall–Kier alpha value is -2.08. The fraction of sp³-hybridized carbons (Fsp3) is 0.385. The van der Waals surface area contributed by atoms with Gasteiger partial charge in [0.1, 0.15) is 5.69 Å². The summed E-state index contributed by atoms with van der Waals surface area (Å²) in [6, 6.07) is 5.26. The zero-order valence-corrected chi connectivity index (χ0v) is 10.4. The van der Waals surface area contributed by atoms with E-state index in [0.717, 1.165) is 19.4 Å². The molecule has 6 heteroatoms. The molecule has 1 atom stereocenters. The molecule has 1 aliphatic heterocycles. The fourth-order valence-electron chi connectivity index (χ4n) is 2.10. The Morgan fingerprint density at radius 1 is 1.58 bits per heavy atom.